The zero-order chi connectivity index (χ0) is 29.2. The normalized spacial score (nSPS) is 11.2. The molecule has 0 radical (unpaired) electrons. The van der Waals surface area contributed by atoms with Gasteiger partial charge in [-0.25, -0.2) is 18.3 Å². The van der Waals surface area contributed by atoms with Crippen molar-refractivity contribution in [3.8, 4) is 22.3 Å². The lowest BCUT2D eigenvalue weighted by Gasteiger charge is -2.03. The van der Waals surface area contributed by atoms with Gasteiger partial charge in [0.15, 0.2) is 49.6 Å². The summed E-state index contributed by atoms with van der Waals surface area (Å²) < 4.78 is 9.25. The van der Waals surface area contributed by atoms with Crippen molar-refractivity contribution in [3.63, 3.8) is 0 Å². The van der Waals surface area contributed by atoms with E-state index in [9.17, 15) is 0 Å². The summed E-state index contributed by atoms with van der Waals surface area (Å²) in [6.45, 7) is 8.88. The number of hydrogen-bond acceptors (Lipinski definition) is 0. The fourth-order valence-corrected chi connectivity index (χ4v) is 5.58. The predicted octanol–water partition coefficient (Wildman–Crippen LogP) is 7.59. The number of hydrogen-bond donors (Lipinski definition) is 0. The van der Waals surface area contributed by atoms with Gasteiger partial charge in [-0.3, -0.25) is 0 Å². The third-order valence-corrected chi connectivity index (χ3v) is 8.35. The van der Waals surface area contributed by atoms with Crippen molar-refractivity contribution in [1.82, 2.24) is 0 Å². The molecule has 4 nitrogen and oxygen atoms in total. The Labute approximate surface area is 255 Å². The van der Waals surface area contributed by atoms with Crippen LogP contribution in [0.25, 0.3) is 22.3 Å². The highest BCUT2D eigenvalue weighted by atomic mass is 14.9. The third-order valence-electron chi connectivity index (χ3n) is 8.35. The van der Waals surface area contributed by atoms with Crippen molar-refractivity contribution >= 4 is 0 Å². The molecule has 0 aliphatic carbocycles. The summed E-state index contributed by atoms with van der Waals surface area (Å²) in [6, 6.07) is 18.0. The maximum atomic E-state index is 2.32. The van der Waals surface area contributed by atoms with E-state index in [4.69, 9.17) is 0 Å². The van der Waals surface area contributed by atoms with E-state index in [1.54, 1.807) is 0 Å². The minimum absolute atomic E-state index is 1.05. The molecule has 0 aliphatic heterocycles. The fourth-order valence-electron chi connectivity index (χ4n) is 5.58. The number of rotatable bonds is 19. The van der Waals surface area contributed by atoms with Crippen LogP contribution in [0, 0.1) is 0 Å². The van der Waals surface area contributed by atoms with Gasteiger partial charge in [0.1, 0.15) is 26.2 Å². The first-order valence-electron chi connectivity index (χ1n) is 16.7. The highest BCUT2D eigenvalue weighted by Crippen LogP contribution is 2.17. The van der Waals surface area contributed by atoms with Gasteiger partial charge < -0.3 is 0 Å². The first kappa shape index (κ1) is 31.5. The van der Waals surface area contributed by atoms with Gasteiger partial charge in [-0.05, 0) is 35.1 Å². The minimum atomic E-state index is 1.05. The summed E-state index contributed by atoms with van der Waals surface area (Å²) in [4.78, 5) is 0. The van der Waals surface area contributed by atoms with Crippen LogP contribution in [0.3, 0.4) is 0 Å². The van der Waals surface area contributed by atoms with Gasteiger partial charge in [0, 0.05) is 74.2 Å². The van der Waals surface area contributed by atoms with Gasteiger partial charge in [-0.15, -0.1) is 0 Å². The third kappa shape index (κ3) is 10.8. The molecule has 0 bridgehead atoms. The molecule has 0 atom stereocenters. The summed E-state index contributed by atoms with van der Waals surface area (Å²) in [5.74, 6) is 0. The Morgan fingerprint density at radius 2 is 0.524 bits per heavy atom. The highest BCUT2D eigenvalue weighted by Gasteiger charge is 2.09. The Kier molecular flexibility index (Phi) is 13.7. The largest absolute Gasteiger partial charge is 0.205 e. The average molecular weight is 567 g/mol. The van der Waals surface area contributed by atoms with Gasteiger partial charge in [0.2, 0.25) is 0 Å². The smallest absolute Gasteiger partial charge is 0.169 e. The number of aryl methyl sites for hydroxylation is 4. The molecule has 0 spiro atoms. The van der Waals surface area contributed by atoms with Crippen LogP contribution >= 0.6 is 0 Å². The van der Waals surface area contributed by atoms with E-state index in [-0.39, 0.29) is 0 Å². The lowest BCUT2D eigenvalue weighted by Crippen LogP contribution is -2.35. The van der Waals surface area contributed by atoms with Gasteiger partial charge >= 0.3 is 0 Å². The quantitative estimate of drug-likeness (QED) is 0.0821. The van der Waals surface area contributed by atoms with Gasteiger partial charge in [0.05, 0.1) is 0 Å². The first-order valence-corrected chi connectivity index (χ1v) is 16.7. The van der Waals surface area contributed by atoms with E-state index < -0.39 is 0 Å². The lowest BCUT2D eigenvalue weighted by molar-refractivity contribution is -0.708. The molecule has 0 amide bonds. The molecular formula is C38H54N4+4. The molecule has 4 heterocycles. The molecule has 222 valence electrons. The van der Waals surface area contributed by atoms with Crippen molar-refractivity contribution in [1.29, 1.82) is 0 Å². The van der Waals surface area contributed by atoms with Crippen molar-refractivity contribution in [2.24, 2.45) is 0 Å². The van der Waals surface area contributed by atoms with Crippen molar-refractivity contribution in [2.75, 3.05) is 0 Å². The molecule has 4 rings (SSSR count). The summed E-state index contributed by atoms with van der Waals surface area (Å²) in [7, 11) is 0. The van der Waals surface area contributed by atoms with Gasteiger partial charge in [-0.2, -0.15) is 0 Å². The molecule has 0 unspecified atom stereocenters. The number of aromatic nitrogens is 4. The Morgan fingerprint density at radius 3 is 0.762 bits per heavy atom. The number of nitrogens with zero attached hydrogens (tertiary/aromatic N) is 4. The van der Waals surface area contributed by atoms with Crippen LogP contribution in [0.2, 0.25) is 0 Å². The summed E-state index contributed by atoms with van der Waals surface area (Å²) in [5, 5.41) is 0. The number of unbranched alkanes of at least 4 members (excludes halogenated alkanes) is 9. The van der Waals surface area contributed by atoms with E-state index in [0.29, 0.717) is 0 Å². The zero-order valence-electron chi connectivity index (χ0n) is 26.3. The fraction of sp³-hybridized carbons (Fsp3) is 0.474. The van der Waals surface area contributed by atoms with Gasteiger partial charge in [-0.1, -0.05) is 52.4 Å². The van der Waals surface area contributed by atoms with Gasteiger partial charge in [0.25, 0.3) is 0 Å². The molecule has 4 aromatic heterocycles. The molecule has 0 fully saturated rings. The van der Waals surface area contributed by atoms with Crippen molar-refractivity contribution in [2.45, 2.75) is 117 Å². The van der Waals surface area contributed by atoms with Crippen LogP contribution in [-0.4, -0.2) is 0 Å². The molecule has 4 heteroatoms. The van der Waals surface area contributed by atoms with E-state index in [1.807, 2.05) is 0 Å². The van der Waals surface area contributed by atoms with Crippen LogP contribution in [0.5, 0.6) is 0 Å². The Bertz CT molecular complexity index is 1160. The molecule has 0 saturated heterocycles. The maximum absolute atomic E-state index is 2.32. The second-order valence-corrected chi connectivity index (χ2v) is 11.8. The second kappa shape index (κ2) is 18.2. The maximum Gasteiger partial charge on any atom is 0.169 e. The molecule has 42 heavy (non-hydrogen) atoms. The molecule has 0 saturated carbocycles. The van der Waals surface area contributed by atoms with Crippen molar-refractivity contribution in [3.05, 3.63) is 98.1 Å². The van der Waals surface area contributed by atoms with Crippen LogP contribution in [0.4, 0.5) is 0 Å². The Balaban J connectivity index is 1.15. The van der Waals surface area contributed by atoms with E-state index in [0.717, 1.165) is 26.2 Å². The first-order chi connectivity index (χ1) is 20.7. The van der Waals surface area contributed by atoms with E-state index >= 15 is 0 Å². The monoisotopic (exact) mass is 566 g/mol. The Morgan fingerprint density at radius 1 is 0.310 bits per heavy atom. The summed E-state index contributed by atoms with van der Waals surface area (Å²) >= 11 is 0. The minimum Gasteiger partial charge on any atom is -0.205 e. The predicted molar refractivity (Wildman–Crippen MR) is 171 cm³/mol. The van der Waals surface area contributed by atoms with E-state index in [1.165, 1.54) is 99.3 Å². The molecular weight excluding hydrogens is 512 g/mol. The standard InChI is InChI=1S/C38H54N4/c1-3-5-7-9-11-23-39-27-15-35(16-28-39)37-19-31-41(32-20-37)25-13-14-26-42-33-21-38(22-34-42)36-17-29-40(30-18-36)24-12-10-8-6-4-2/h15-22,27-34H,3-14,23-26H2,1-2H3/q+4. The topological polar surface area (TPSA) is 15.5 Å². The van der Waals surface area contributed by atoms with Crippen LogP contribution in [0.15, 0.2) is 98.1 Å². The van der Waals surface area contributed by atoms with Crippen LogP contribution in [-0.2, 0) is 26.2 Å². The second-order valence-electron chi connectivity index (χ2n) is 11.8. The van der Waals surface area contributed by atoms with Crippen molar-refractivity contribution < 1.29 is 18.3 Å². The molecule has 0 aliphatic rings. The van der Waals surface area contributed by atoms with Crippen LogP contribution in [0.1, 0.15) is 90.9 Å². The Hall–Kier alpha value is -3.40. The zero-order valence-corrected chi connectivity index (χ0v) is 26.3. The summed E-state index contributed by atoms with van der Waals surface area (Å²) in [5.41, 5.74) is 5.15. The SMILES string of the molecule is CCCCCCC[n+]1ccc(-c2cc[n+](CCCC[n+]3ccc(-c4cc[n+](CCCCCCC)cc4)cc3)cc2)cc1. The van der Waals surface area contributed by atoms with E-state index in [2.05, 4.69) is 130 Å². The van der Waals surface area contributed by atoms with Crippen LogP contribution < -0.4 is 18.3 Å². The molecule has 4 aromatic rings. The molecule has 0 N–H and O–H groups in total. The molecule has 0 aromatic carbocycles. The highest BCUT2D eigenvalue weighted by molar-refractivity contribution is 5.61. The number of pyridine rings is 4. The average Bonchev–Trinajstić information content (AvgIpc) is 3.04. The lowest BCUT2D eigenvalue weighted by atomic mass is 10.1. The summed E-state index contributed by atoms with van der Waals surface area (Å²) in [6.07, 6.45) is 33.4.